The lowest BCUT2D eigenvalue weighted by molar-refractivity contribution is -0.127. The average molecular weight is 331 g/mol. The van der Waals surface area contributed by atoms with Gasteiger partial charge in [0, 0.05) is 18.5 Å². The highest BCUT2D eigenvalue weighted by Crippen LogP contribution is 2.33. The van der Waals surface area contributed by atoms with Crippen LogP contribution < -0.4 is 4.90 Å². The first-order chi connectivity index (χ1) is 12.1. The van der Waals surface area contributed by atoms with Crippen molar-refractivity contribution in [3.8, 4) is 17.2 Å². The molecule has 0 bridgehead atoms. The van der Waals surface area contributed by atoms with Crippen LogP contribution in [0.3, 0.4) is 0 Å². The number of ketones is 1. The fourth-order valence-electron chi connectivity index (χ4n) is 3.36. The predicted octanol–water partition coefficient (Wildman–Crippen LogP) is 2.34. The molecular weight excluding hydrogens is 318 g/mol. The molecule has 25 heavy (non-hydrogen) atoms. The van der Waals surface area contributed by atoms with Gasteiger partial charge in [0.05, 0.1) is 17.3 Å². The number of imide groups is 1. The lowest BCUT2D eigenvalue weighted by Gasteiger charge is -2.17. The Hall–Kier alpha value is -3.46. The summed E-state index contributed by atoms with van der Waals surface area (Å²) in [6.07, 6.45) is 0.221. The Morgan fingerprint density at radius 1 is 1.04 bits per heavy atom. The van der Waals surface area contributed by atoms with Crippen LogP contribution in [0.15, 0.2) is 48.5 Å². The summed E-state index contributed by atoms with van der Waals surface area (Å²) in [6.45, 7) is 0.270. The number of hydrogen-bond donors (Lipinski definition) is 0. The standard InChI is InChI=1S/C19H13N3O3/c20-11-13-6-7-14(10-15(13)12-4-2-1-3-5-12)22-18(24)17-16(23)8-9-21(17)19(22)25/h1-7,10,17H,8-9H2/t17-/m0/s1. The van der Waals surface area contributed by atoms with E-state index in [0.717, 1.165) is 10.5 Å². The van der Waals surface area contributed by atoms with Crippen molar-refractivity contribution in [3.05, 3.63) is 54.1 Å². The summed E-state index contributed by atoms with van der Waals surface area (Å²) in [7, 11) is 0. The number of Topliss-reactive ketones (excluding diaryl/α,β-unsaturated/α-hetero) is 1. The normalized spacial score (nSPS) is 19.3. The summed E-state index contributed by atoms with van der Waals surface area (Å²) in [5.74, 6) is -0.742. The zero-order valence-electron chi connectivity index (χ0n) is 13.2. The number of amides is 3. The molecule has 0 spiro atoms. The molecular formula is C19H13N3O3. The van der Waals surface area contributed by atoms with Crippen LogP contribution in [0.5, 0.6) is 0 Å². The highest BCUT2D eigenvalue weighted by Gasteiger charge is 2.52. The number of hydrogen-bond acceptors (Lipinski definition) is 4. The Kier molecular flexibility index (Phi) is 3.36. The first kappa shape index (κ1) is 15.1. The van der Waals surface area contributed by atoms with E-state index in [1.54, 1.807) is 18.2 Å². The monoisotopic (exact) mass is 331 g/mol. The molecule has 122 valence electrons. The first-order valence-corrected chi connectivity index (χ1v) is 7.88. The van der Waals surface area contributed by atoms with E-state index >= 15 is 0 Å². The van der Waals surface area contributed by atoms with Crippen LogP contribution in [0, 0.1) is 11.3 Å². The zero-order chi connectivity index (χ0) is 17.6. The molecule has 2 aromatic carbocycles. The Balaban J connectivity index is 1.80. The quantitative estimate of drug-likeness (QED) is 0.625. The molecule has 2 heterocycles. The van der Waals surface area contributed by atoms with Crippen molar-refractivity contribution >= 4 is 23.4 Å². The molecule has 1 atom stereocenters. The Bertz CT molecular complexity index is 946. The zero-order valence-corrected chi connectivity index (χ0v) is 13.2. The fourth-order valence-corrected chi connectivity index (χ4v) is 3.36. The van der Waals surface area contributed by atoms with Gasteiger partial charge in [0.2, 0.25) is 0 Å². The molecule has 0 aliphatic carbocycles. The molecule has 2 aromatic rings. The fraction of sp³-hybridized carbons (Fsp3) is 0.158. The number of benzene rings is 2. The summed E-state index contributed by atoms with van der Waals surface area (Å²) >= 11 is 0. The van der Waals surface area contributed by atoms with Gasteiger partial charge in [0.25, 0.3) is 5.91 Å². The molecule has 6 heteroatoms. The molecule has 2 aliphatic rings. The maximum atomic E-state index is 12.6. The Morgan fingerprint density at radius 2 is 1.80 bits per heavy atom. The predicted molar refractivity (Wildman–Crippen MR) is 89.6 cm³/mol. The van der Waals surface area contributed by atoms with Gasteiger partial charge in [-0.15, -0.1) is 0 Å². The molecule has 4 rings (SSSR count). The van der Waals surface area contributed by atoms with Crippen LogP contribution in [-0.2, 0) is 9.59 Å². The summed E-state index contributed by atoms with van der Waals surface area (Å²) in [5, 5.41) is 9.36. The minimum atomic E-state index is -0.997. The molecule has 0 radical (unpaired) electrons. The van der Waals surface area contributed by atoms with E-state index in [-0.39, 0.29) is 18.7 Å². The maximum absolute atomic E-state index is 12.6. The molecule has 0 N–H and O–H groups in total. The lowest BCUT2D eigenvalue weighted by atomic mass is 9.99. The summed E-state index contributed by atoms with van der Waals surface area (Å²) in [4.78, 5) is 39.4. The first-order valence-electron chi connectivity index (χ1n) is 7.88. The number of anilines is 1. The van der Waals surface area contributed by atoms with Crippen LogP contribution in [0.1, 0.15) is 12.0 Å². The molecule has 0 unspecified atom stereocenters. The number of fused-ring (bicyclic) bond motifs is 1. The second kappa shape index (κ2) is 5.56. The van der Waals surface area contributed by atoms with Gasteiger partial charge in [-0.1, -0.05) is 30.3 Å². The molecule has 0 saturated carbocycles. The van der Waals surface area contributed by atoms with Gasteiger partial charge in [-0.25, -0.2) is 9.69 Å². The third-order valence-corrected chi connectivity index (χ3v) is 4.57. The number of nitrogens with zero attached hydrogens (tertiary/aromatic N) is 3. The summed E-state index contributed by atoms with van der Waals surface area (Å²) < 4.78 is 0. The van der Waals surface area contributed by atoms with Gasteiger partial charge in [-0.3, -0.25) is 9.59 Å². The van der Waals surface area contributed by atoms with Gasteiger partial charge in [0.1, 0.15) is 0 Å². The van der Waals surface area contributed by atoms with Crippen molar-refractivity contribution < 1.29 is 14.4 Å². The summed E-state index contributed by atoms with van der Waals surface area (Å²) in [6, 6.07) is 14.7. The second-order valence-corrected chi connectivity index (χ2v) is 5.98. The third kappa shape index (κ3) is 2.21. The van der Waals surface area contributed by atoms with Crippen molar-refractivity contribution in [1.29, 1.82) is 5.26 Å². The van der Waals surface area contributed by atoms with Gasteiger partial charge in [-0.05, 0) is 23.8 Å². The van der Waals surface area contributed by atoms with Crippen LogP contribution >= 0.6 is 0 Å². The minimum Gasteiger partial charge on any atom is -0.304 e. The third-order valence-electron chi connectivity index (χ3n) is 4.57. The van der Waals surface area contributed by atoms with E-state index < -0.39 is 18.0 Å². The van der Waals surface area contributed by atoms with Gasteiger partial charge in [-0.2, -0.15) is 5.26 Å². The van der Waals surface area contributed by atoms with Gasteiger partial charge >= 0.3 is 6.03 Å². The highest BCUT2D eigenvalue weighted by atomic mass is 16.2. The smallest absolute Gasteiger partial charge is 0.304 e. The largest absolute Gasteiger partial charge is 0.332 e. The molecule has 3 amide bonds. The van der Waals surface area contributed by atoms with Crippen molar-refractivity contribution in [2.45, 2.75) is 12.5 Å². The Morgan fingerprint density at radius 3 is 2.48 bits per heavy atom. The molecule has 0 aromatic heterocycles. The second-order valence-electron chi connectivity index (χ2n) is 5.98. The Labute approximate surface area is 143 Å². The SMILES string of the molecule is N#Cc1ccc(N2C(=O)[C@@H]3C(=O)CCN3C2=O)cc1-c1ccccc1. The molecule has 2 fully saturated rings. The number of carbonyl (C=O) groups is 3. The van der Waals surface area contributed by atoms with E-state index in [9.17, 15) is 19.6 Å². The van der Waals surface area contributed by atoms with Crippen molar-refractivity contribution in [1.82, 2.24) is 4.90 Å². The van der Waals surface area contributed by atoms with Crippen molar-refractivity contribution in [2.24, 2.45) is 0 Å². The lowest BCUT2D eigenvalue weighted by Crippen LogP contribution is -2.34. The summed E-state index contributed by atoms with van der Waals surface area (Å²) in [5.41, 5.74) is 2.27. The highest BCUT2D eigenvalue weighted by molar-refractivity contribution is 6.29. The van der Waals surface area contributed by atoms with Crippen LogP contribution in [0.4, 0.5) is 10.5 Å². The maximum Gasteiger partial charge on any atom is 0.332 e. The van der Waals surface area contributed by atoms with Crippen molar-refractivity contribution in [2.75, 3.05) is 11.4 Å². The minimum absolute atomic E-state index is 0.221. The number of carbonyl (C=O) groups excluding carboxylic acids is 3. The molecule has 2 aliphatic heterocycles. The molecule has 2 saturated heterocycles. The van der Waals surface area contributed by atoms with Crippen molar-refractivity contribution in [3.63, 3.8) is 0 Å². The van der Waals surface area contributed by atoms with Crippen LogP contribution in [0.25, 0.3) is 11.1 Å². The number of nitriles is 1. The van der Waals surface area contributed by atoms with Crippen LogP contribution in [0.2, 0.25) is 0 Å². The van der Waals surface area contributed by atoms with Crippen LogP contribution in [-0.4, -0.2) is 35.2 Å². The van der Waals surface area contributed by atoms with Gasteiger partial charge < -0.3 is 4.90 Å². The topological polar surface area (TPSA) is 81.5 Å². The van der Waals surface area contributed by atoms with E-state index in [2.05, 4.69) is 6.07 Å². The number of urea groups is 1. The number of rotatable bonds is 2. The van der Waals surface area contributed by atoms with E-state index in [1.165, 1.54) is 4.90 Å². The van der Waals surface area contributed by atoms with E-state index in [0.29, 0.717) is 16.8 Å². The molecule has 6 nitrogen and oxygen atoms in total. The van der Waals surface area contributed by atoms with E-state index in [1.807, 2.05) is 30.3 Å². The van der Waals surface area contributed by atoms with Gasteiger partial charge in [0.15, 0.2) is 11.8 Å². The van der Waals surface area contributed by atoms with E-state index in [4.69, 9.17) is 0 Å². The average Bonchev–Trinajstić information content (AvgIpc) is 3.14.